The van der Waals surface area contributed by atoms with Crippen molar-refractivity contribution in [1.82, 2.24) is 10.2 Å². The SMILES string of the molecule is COc1ccc(CNC(=O)N2C[C@@H](C(F)(F)F)[C@H](C(=O)O)C2)c(F)c1. The number of hydrogen-bond donors (Lipinski definition) is 2. The molecule has 1 heterocycles. The van der Waals surface area contributed by atoms with Crippen LogP contribution < -0.4 is 10.1 Å². The van der Waals surface area contributed by atoms with Crippen LogP contribution >= 0.6 is 0 Å². The van der Waals surface area contributed by atoms with Crippen molar-refractivity contribution in [2.24, 2.45) is 11.8 Å². The Morgan fingerprint density at radius 2 is 2.04 bits per heavy atom. The van der Waals surface area contributed by atoms with Gasteiger partial charge in [-0.15, -0.1) is 0 Å². The molecule has 10 heteroatoms. The summed E-state index contributed by atoms with van der Waals surface area (Å²) in [6.45, 7) is -1.56. The predicted molar refractivity (Wildman–Crippen MR) is 77.4 cm³/mol. The van der Waals surface area contributed by atoms with E-state index < -0.39 is 48.9 Å². The fourth-order valence-corrected chi connectivity index (χ4v) is 2.63. The Labute approximate surface area is 140 Å². The molecular formula is C15H16F4N2O4. The monoisotopic (exact) mass is 364 g/mol. The number of halogens is 4. The number of methoxy groups -OCH3 is 1. The van der Waals surface area contributed by atoms with Crippen LogP contribution in [0.4, 0.5) is 22.4 Å². The Morgan fingerprint density at radius 3 is 2.52 bits per heavy atom. The van der Waals surface area contributed by atoms with Gasteiger partial charge in [0.1, 0.15) is 11.6 Å². The maximum Gasteiger partial charge on any atom is 0.394 e. The molecule has 25 heavy (non-hydrogen) atoms. The summed E-state index contributed by atoms with van der Waals surface area (Å²) in [5.74, 6) is -5.82. The maximum absolute atomic E-state index is 13.8. The third-order valence-electron chi connectivity index (χ3n) is 4.04. The third kappa shape index (κ3) is 4.31. The lowest BCUT2D eigenvalue weighted by Crippen LogP contribution is -2.39. The van der Waals surface area contributed by atoms with Crippen LogP contribution in [0.5, 0.6) is 5.75 Å². The average molecular weight is 364 g/mol. The first-order chi connectivity index (χ1) is 11.6. The standard InChI is InChI=1S/C15H16F4N2O4/c1-25-9-3-2-8(12(16)4-9)5-20-14(24)21-6-10(13(22)23)11(7-21)15(17,18)19/h2-4,10-11H,5-7H2,1H3,(H,20,24)(H,22,23)/t10-,11-/m1/s1. The number of likely N-dealkylation sites (tertiary alicyclic amines) is 1. The summed E-state index contributed by atoms with van der Waals surface area (Å²) in [7, 11) is 1.36. The highest BCUT2D eigenvalue weighted by molar-refractivity contribution is 5.77. The number of amides is 2. The van der Waals surface area contributed by atoms with E-state index in [0.29, 0.717) is 0 Å². The summed E-state index contributed by atoms with van der Waals surface area (Å²) in [4.78, 5) is 23.8. The highest BCUT2D eigenvalue weighted by atomic mass is 19.4. The number of carboxylic acid groups (broad SMARTS) is 1. The summed E-state index contributed by atoms with van der Waals surface area (Å²) in [5, 5.41) is 11.2. The molecule has 1 aliphatic heterocycles. The van der Waals surface area contributed by atoms with Gasteiger partial charge in [-0.3, -0.25) is 4.79 Å². The molecule has 0 aromatic heterocycles. The van der Waals surface area contributed by atoms with Gasteiger partial charge in [-0.2, -0.15) is 13.2 Å². The number of hydrogen-bond acceptors (Lipinski definition) is 3. The number of urea groups is 1. The van der Waals surface area contributed by atoms with Crippen molar-refractivity contribution in [3.05, 3.63) is 29.6 Å². The molecule has 0 unspecified atom stereocenters. The van der Waals surface area contributed by atoms with Crippen molar-refractivity contribution in [1.29, 1.82) is 0 Å². The van der Waals surface area contributed by atoms with Crippen LogP contribution in [-0.4, -0.2) is 48.4 Å². The van der Waals surface area contributed by atoms with Gasteiger partial charge in [0.15, 0.2) is 0 Å². The van der Waals surface area contributed by atoms with Crippen molar-refractivity contribution >= 4 is 12.0 Å². The van der Waals surface area contributed by atoms with Crippen LogP contribution in [0.2, 0.25) is 0 Å². The van der Waals surface area contributed by atoms with Crippen LogP contribution in [0, 0.1) is 17.7 Å². The van der Waals surface area contributed by atoms with Crippen molar-refractivity contribution in [3.63, 3.8) is 0 Å². The lowest BCUT2D eigenvalue weighted by molar-refractivity contribution is -0.187. The van der Waals surface area contributed by atoms with Crippen LogP contribution in [0.3, 0.4) is 0 Å². The number of benzene rings is 1. The van der Waals surface area contributed by atoms with E-state index in [4.69, 9.17) is 9.84 Å². The second-order valence-corrected chi connectivity index (χ2v) is 5.61. The van der Waals surface area contributed by atoms with Crippen LogP contribution in [-0.2, 0) is 11.3 Å². The summed E-state index contributed by atoms with van der Waals surface area (Å²) in [6, 6.07) is 3.07. The van der Waals surface area contributed by atoms with E-state index in [0.717, 1.165) is 11.0 Å². The molecule has 1 saturated heterocycles. The summed E-state index contributed by atoms with van der Waals surface area (Å²) in [6.07, 6.45) is -4.72. The van der Waals surface area contributed by atoms with Crippen molar-refractivity contribution in [2.45, 2.75) is 12.7 Å². The average Bonchev–Trinajstić information content (AvgIpc) is 2.99. The molecule has 138 valence electrons. The molecular weight excluding hydrogens is 348 g/mol. The van der Waals surface area contributed by atoms with E-state index in [9.17, 15) is 27.2 Å². The number of carbonyl (C=O) groups is 2. The number of nitrogens with zero attached hydrogens (tertiary/aromatic N) is 1. The zero-order chi connectivity index (χ0) is 18.8. The van der Waals surface area contributed by atoms with Crippen molar-refractivity contribution in [3.8, 4) is 5.75 Å². The number of carboxylic acids is 1. The highest BCUT2D eigenvalue weighted by Gasteiger charge is 2.53. The number of alkyl halides is 3. The lowest BCUT2D eigenvalue weighted by atomic mass is 9.96. The largest absolute Gasteiger partial charge is 0.497 e. The second kappa shape index (κ2) is 7.16. The number of nitrogens with one attached hydrogen (secondary N) is 1. The maximum atomic E-state index is 13.8. The fourth-order valence-electron chi connectivity index (χ4n) is 2.63. The van der Waals surface area contributed by atoms with Gasteiger partial charge in [-0.05, 0) is 6.07 Å². The molecule has 2 N–H and O–H groups in total. The molecule has 0 saturated carbocycles. The lowest BCUT2D eigenvalue weighted by Gasteiger charge is -2.19. The van der Waals surface area contributed by atoms with E-state index in [1.807, 2.05) is 0 Å². The zero-order valence-electron chi connectivity index (χ0n) is 13.1. The third-order valence-corrected chi connectivity index (χ3v) is 4.04. The van der Waals surface area contributed by atoms with E-state index in [1.165, 1.54) is 19.2 Å². The molecule has 1 aromatic carbocycles. The van der Waals surface area contributed by atoms with Crippen LogP contribution in [0.25, 0.3) is 0 Å². The van der Waals surface area contributed by atoms with E-state index in [2.05, 4.69) is 5.32 Å². The normalized spacial score (nSPS) is 20.4. The molecule has 6 nitrogen and oxygen atoms in total. The minimum atomic E-state index is -4.72. The molecule has 1 aromatic rings. The molecule has 0 radical (unpaired) electrons. The van der Waals surface area contributed by atoms with Gasteiger partial charge in [0.25, 0.3) is 0 Å². The molecule has 0 aliphatic carbocycles. The van der Waals surface area contributed by atoms with Gasteiger partial charge in [-0.25, -0.2) is 9.18 Å². The Morgan fingerprint density at radius 1 is 1.36 bits per heavy atom. The minimum Gasteiger partial charge on any atom is -0.497 e. The first kappa shape index (κ1) is 18.8. The van der Waals surface area contributed by atoms with Gasteiger partial charge in [0, 0.05) is 31.3 Å². The number of rotatable bonds is 4. The molecule has 2 amide bonds. The highest BCUT2D eigenvalue weighted by Crippen LogP contribution is 2.37. The molecule has 0 spiro atoms. The minimum absolute atomic E-state index is 0.121. The smallest absolute Gasteiger partial charge is 0.394 e. The summed E-state index contributed by atoms with van der Waals surface area (Å²) < 4.78 is 57.3. The molecule has 1 aliphatic rings. The fraction of sp³-hybridized carbons (Fsp3) is 0.467. The van der Waals surface area contributed by atoms with E-state index in [-0.39, 0.29) is 17.9 Å². The van der Waals surface area contributed by atoms with Gasteiger partial charge >= 0.3 is 18.2 Å². The Balaban J connectivity index is 2.01. The Kier molecular flexibility index (Phi) is 5.39. The van der Waals surface area contributed by atoms with Crippen molar-refractivity contribution < 1.29 is 37.0 Å². The first-order valence-electron chi connectivity index (χ1n) is 7.28. The Hall–Kier alpha value is -2.52. The zero-order valence-corrected chi connectivity index (χ0v) is 13.1. The van der Waals surface area contributed by atoms with Gasteiger partial charge < -0.3 is 20.1 Å². The van der Waals surface area contributed by atoms with Gasteiger partial charge in [-0.1, -0.05) is 6.07 Å². The number of ether oxygens (including phenoxy) is 1. The molecule has 2 rings (SSSR count). The number of aliphatic carboxylic acids is 1. The predicted octanol–water partition coefficient (Wildman–Crippen LogP) is 2.24. The Bertz CT molecular complexity index is 665. The van der Waals surface area contributed by atoms with E-state index >= 15 is 0 Å². The molecule has 2 atom stereocenters. The summed E-state index contributed by atoms with van der Waals surface area (Å²) in [5.41, 5.74) is 0.121. The number of carbonyl (C=O) groups excluding carboxylic acids is 1. The van der Waals surface area contributed by atoms with Crippen LogP contribution in [0.1, 0.15) is 5.56 Å². The molecule has 1 fully saturated rings. The quantitative estimate of drug-likeness (QED) is 0.804. The molecule has 0 bridgehead atoms. The van der Waals surface area contributed by atoms with E-state index in [1.54, 1.807) is 0 Å². The van der Waals surface area contributed by atoms with Crippen LogP contribution in [0.15, 0.2) is 18.2 Å². The summed E-state index contributed by atoms with van der Waals surface area (Å²) >= 11 is 0. The first-order valence-corrected chi connectivity index (χ1v) is 7.28. The topological polar surface area (TPSA) is 78.9 Å². The van der Waals surface area contributed by atoms with Gasteiger partial charge in [0.2, 0.25) is 0 Å². The van der Waals surface area contributed by atoms with Crippen molar-refractivity contribution in [2.75, 3.05) is 20.2 Å². The van der Waals surface area contributed by atoms with Gasteiger partial charge in [0.05, 0.1) is 18.9 Å². The second-order valence-electron chi connectivity index (χ2n) is 5.61.